The predicted octanol–water partition coefficient (Wildman–Crippen LogP) is 5.00. The summed E-state index contributed by atoms with van der Waals surface area (Å²) in [5.74, 6) is 1.27. The maximum absolute atomic E-state index is 11.6. The Hall–Kier alpha value is -1.33. The second kappa shape index (κ2) is 7.09. The summed E-state index contributed by atoms with van der Waals surface area (Å²) >= 11 is 6.82. The Morgan fingerprint density at radius 3 is 2.38 bits per heavy atom. The number of hydrogen-bond donors (Lipinski definition) is 0. The van der Waals surface area contributed by atoms with E-state index in [9.17, 15) is 4.79 Å². The Morgan fingerprint density at radius 2 is 1.71 bits per heavy atom. The first-order valence-electron chi connectivity index (χ1n) is 6.27. The van der Waals surface area contributed by atoms with Crippen LogP contribution in [0.15, 0.2) is 45.3 Å². The van der Waals surface area contributed by atoms with E-state index >= 15 is 0 Å². The van der Waals surface area contributed by atoms with Crippen molar-refractivity contribution in [3.63, 3.8) is 0 Å². The first-order valence-corrected chi connectivity index (χ1v) is 7.85. The molecule has 0 aliphatic heterocycles. The van der Waals surface area contributed by atoms with E-state index in [-0.39, 0.29) is 5.78 Å². The van der Waals surface area contributed by atoms with Gasteiger partial charge in [-0.05, 0) is 43.3 Å². The van der Waals surface area contributed by atoms with Crippen LogP contribution in [-0.2, 0) is 6.61 Å². The number of ether oxygens (including phenoxy) is 2. The van der Waals surface area contributed by atoms with E-state index in [1.54, 1.807) is 19.2 Å². The maximum Gasteiger partial charge on any atom is 0.163 e. The van der Waals surface area contributed by atoms with E-state index < -0.39 is 0 Å². The van der Waals surface area contributed by atoms with E-state index in [0.717, 1.165) is 20.3 Å². The fraction of sp³-hybridized carbons (Fsp3) is 0.188. The predicted molar refractivity (Wildman–Crippen MR) is 89.2 cm³/mol. The van der Waals surface area contributed by atoms with Gasteiger partial charge in [-0.2, -0.15) is 0 Å². The van der Waals surface area contributed by atoms with Crippen LogP contribution in [-0.4, -0.2) is 12.9 Å². The Kier molecular flexibility index (Phi) is 5.42. The van der Waals surface area contributed by atoms with E-state index in [4.69, 9.17) is 9.47 Å². The van der Waals surface area contributed by atoms with E-state index in [1.807, 2.05) is 24.3 Å². The molecular weight excluding hydrogens is 400 g/mol. The Bertz CT molecular complexity index is 669. The number of methoxy groups -OCH3 is 1. The van der Waals surface area contributed by atoms with Gasteiger partial charge in [0.15, 0.2) is 5.78 Å². The lowest BCUT2D eigenvalue weighted by Gasteiger charge is -2.13. The zero-order valence-electron chi connectivity index (χ0n) is 11.7. The Labute approximate surface area is 140 Å². The van der Waals surface area contributed by atoms with Crippen molar-refractivity contribution in [1.82, 2.24) is 0 Å². The SMILES string of the molecule is COc1ccc(Br)cc1COc1cc(Br)ccc1C(C)=O. The topological polar surface area (TPSA) is 35.5 Å². The van der Waals surface area contributed by atoms with Crippen LogP contribution in [0.1, 0.15) is 22.8 Å². The molecule has 0 unspecified atom stereocenters. The second-order valence-electron chi connectivity index (χ2n) is 4.44. The number of carbonyl (C=O) groups excluding carboxylic acids is 1. The lowest BCUT2D eigenvalue weighted by atomic mass is 10.1. The number of Topliss-reactive ketones (excluding diaryl/α,β-unsaturated/α-hetero) is 1. The molecule has 21 heavy (non-hydrogen) atoms. The van der Waals surface area contributed by atoms with Crippen LogP contribution in [0.5, 0.6) is 11.5 Å². The lowest BCUT2D eigenvalue weighted by molar-refractivity contribution is 0.101. The number of hydrogen-bond acceptors (Lipinski definition) is 3. The van der Waals surface area contributed by atoms with Gasteiger partial charge in [0.05, 0.1) is 12.7 Å². The minimum absolute atomic E-state index is 0.0290. The van der Waals surface area contributed by atoms with Crippen molar-refractivity contribution in [2.45, 2.75) is 13.5 Å². The van der Waals surface area contributed by atoms with Crippen molar-refractivity contribution < 1.29 is 14.3 Å². The summed E-state index contributed by atoms with van der Waals surface area (Å²) in [6.07, 6.45) is 0. The van der Waals surface area contributed by atoms with Crippen molar-refractivity contribution >= 4 is 37.6 Å². The standard InChI is InChI=1S/C16H14Br2O3/c1-10(19)14-5-3-13(18)8-16(14)21-9-11-7-12(17)4-6-15(11)20-2/h3-8H,9H2,1-2H3. The van der Waals surface area contributed by atoms with Crippen LogP contribution in [0, 0.1) is 0 Å². The molecule has 0 amide bonds. The van der Waals surface area contributed by atoms with Gasteiger partial charge in [0.2, 0.25) is 0 Å². The van der Waals surface area contributed by atoms with Crippen LogP contribution in [0.2, 0.25) is 0 Å². The molecule has 110 valence electrons. The highest BCUT2D eigenvalue weighted by molar-refractivity contribution is 9.10. The summed E-state index contributed by atoms with van der Waals surface area (Å²) in [6.45, 7) is 1.84. The number of ketones is 1. The summed E-state index contributed by atoms with van der Waals surface area (Å²) < 4.78 is 12.9. The zero-order chi connectivity index (χ0) is 15.4. The Morgan fingerprint density at radius 1 is 1.05 bits per heavy atom. The van der Waals surface area contributed by atoms with Crippen LogP contribution in [0.3, 0.4) is 0 Å². The third-order valence-corrected chi connectivity index (χ3v) is 3.94. The third kappa shape index (κ3) is 4.08. The fourth-order valence-corrected chi connectivity index (χ4v) is 2.67. The van der Waals surface area contributed by atoms with Crippen molar-refractivity contribution in [2.75, 3.05) is 7.11 Å². The molecule has 0 saturated heterocycles. The molecule has 0 aliphatic carbocycles. The summed E-state index contributed by atoms with van der Waals surface area (Å²) in [5.41, 5.74) is 1.47. The number of carbonyl (C=O) groups is 1. The summed E-state index contributed by atoms with van der Waals surface area (Å²) in [4.78, 5) is 11.6. The molecule has 0 fully saturated rings. The highest BCUT2D eigenvalue weighted by Gasteiger charge is 2.11. The number of halogens is 2. The van der Waals surface area contributed by atoms with Gasteiger partial charge < -0.3 is 9.47 Å². The van der Waals surface area contributed by atoms with Crippen LogP contribution >= 0.6 is 31.9 Å². The average molecular weight is 414 g/mol. The zero-order valence-corrected chi connectivity index (χ0v) is 14.8. The molecular formula is C16H14Br2O3. The minimum atomic E-state index is -0.0290. The van der Waals surface area contributed by atoms with Crippen molar-refractivity contribution in [3.8, 4) is 11.5 Å². The molecule has 2 aromatic carbocycles. The summed E-state index contributed by atoms with van der Waals surface area (Å²) in [6, 6.07) is 11.1. The molecule has 0 atom stereocenters. The average Bonchev–Trinajstić information content (AvgIpc) is 2.45. The normalized spacial score (nSPS) is 10.3. The molecule has 0 aromatic heterocycles. The monoisotopic (exact) mass is 412 g/mol. The van der Waals surface area contributed by atoms with Gasteiger partial charge in [-0.15, -0.1) is 0 Å². The van der Waals surface area contributed by atoms with Gasteiger partial charge in [-0.25, -0.2) is 0 Å². The van der Waals surface area contributed by atoms with E-state index in [2.05, 4.69) is 31.9 Å². The first kappa shape index (κ1) is 16.0. The van der Waals surface area contributed by atoms with Crippen LogP contribution < -0.4 is 9.47 Å². The first-order chi connectivity index (χ1) is 10.0. The Balaban J connectivity index is 2.26. The molecule has 0 radical (unpaired) electrons. The van der Waals surface area contributed by atoms with Gasteiger partial charge in [-0.3, -0.25) is 4.79 Å². The van der Waals surface area contributed by atoms with Crippen molar-refractivity contribution in [2.24, 2.45) is 0 Å². The lowest BCUT2D eigenvalue weighted by Crippen LogP contribution is -2.03. The molecule has 0 bridgehead atoms. The van der Waals surface area contributed by atoms with Gasteiger partial charge in [0, 0.05) is 14.5 Å². The fourth-order valence-electron chi connectivity index (χ4n) is 1.92. The van der Waals surface area contributed by atoms with Crippen LogP contribution in [0.25, 0.3) is 0 Å². The molecule has 2 aromatic rings. The smallest absolute Gasteiger partial charge is 0.163 e. The molecule has 0 aliphatic rings. The van der Waals surface area contributed by atoms with E-state index in [0.29, 0.717) is 17.9 Å². The van der Waals surface area contributed by atoms with Crippen molar-refractivity contribution in [3.05, 3.63) is 56.5 Å². The maximum atomic E-state index is 11.6. The molecule has 0 heterocycles. The molecule has 0 N–H and O–H groups in total. The number of benzene rings is 2. The van der Waals surface area contributed by atoms with Gasteiger partial charge in [-0.1, -0.05) is 31.9 Å². The van der Waals surface area contributed by atoms with Crippen molar-refractivity contribution in [1.29, 1.82) is 0 Å². The van der Waals surface area contributed by atoms with Gasteiger partial charge >= 0.3 is 0 Å². The largest absolute Gasteiger partial charge is 0.496 e. The summed E-state index contributed by atoms with van der Waals surface area (Å²) in [5, 5.41) is 0. The molecule has 0 spiro atoms. The number of rotatable bonds is 5. The van der Waals surface area contributed by atoms with Crippen LogP contribution in [0.4, 0.5) is 0 Å². The summed E-state index contributed by atoms with van der Waals surface area (Å²) in [7, 11) is 1.62. The molecule has 3 nitrogen and oxygen atoms in total. The quantitative estimate of drug-likeness (QED) is 0.647. The third-order valence-electron chi connectivity index (χ3n) is 2.95. The molecule has 5 heteroatoms. The highest BCUT2D eigenvalue weighted by atomic mass is 79.9. The van der Waals surface area contributed by atoms with Gasteiger partial charge in [0.25, 0.3) is 0 Å². The van der Waals surface area contributed by atoms with Gasteiger partial charge in [0.1, 0.15) is 18.1 Å². The second-order valence-corrected chi connectivity index (χ2v) is 6.27. The molecule has 0 saturated carbocycles. The highest BCUT2D eigenvalue weighted by Crippen LogP contribution is 2.28. The molecule has 2 rings (SSSR count). The van der Waals surface area contributed by atoms with E-state index in [1.165, 1.54) is 6.92 Å². The minimum Gasteiger partial charge on any atom is -0.496 e.